The number of halogens is 2. The van der Waals surface area contributed by atoms with Crippen LogP contribution in [0.15, 0.2) is 154 Å². The number of aryl methyl sites for hydroxylation is 6. The van der Waals surface area contributed by atoms with Crippen LogP contribution in [0.3, 0.4) is 0 Å². The van der Waals surface area contributed by atoms with Gasteiger partial charge in [-0.25, -0.2) is 0 Å². The van der Waals surface area contributed by atoms with Crippen molar-refractivity contribution in [3.8, 4) is 44.9 Å². The molecule has 2 heterocycles. The van der Waals surface area contributed by atoms with Crippen LogP contribution in [0.4, 0.5) is 0 Å². The van der Waals surface area contributed by atoms with Crippen molar-refractivity contribution in [1.82, 2.24) is 0 Å². The molecular weight excluding hydrogens is 895 g/mol. The molecule has 8 aromatic carbocycles. The van der Waals surface area contributed by atoms with Gasteiger partial charge in [0.2, 0.25) is 0 Å². The standard InChI is InChI=1S/2C27H21O.C2H6Si.2ClH.Zr/c2*1-17-12-13-26(28-17)25-16-21-14-19-8-4-9-20(19)15-24(21)27(25)23-11-5-7-18-6-2-3-10-22(18)23;1-3-2;;;/h2*2-3,5-7,10-16H,4,8-9H2,1H3;1-2H3;2*1H;/q2*-1;;;;+4/p-2. The van der Waals surface area contributed by atoms with Crippen molar-refractivity contribution in [2.45, 2.75) is 65.5 Å². The van der Waals surface area contributed by atoms with E-state index in [1.165, 1.54) is 137 Å². The van der Waals surface area contributed by atoms with Gasteiger partial charge in [0, 0.05) is 9.52 Å². The van der Waals surface area contributed by atoms with Crippen LogP contribution in [0.5, 0.6) is 0 Å². The van der Waals surface area contributed by atoms with Crippen LogP contribution in [-0.2, 0) is 46.5 Å². The first-order valence-corrected chi connectivity index (χ1v) is 29.9. The zero-order valence-corrected chi connectivity index (χ0v) is 40.6. The fourth-order valence-electron chi connectivity index (χ4n) is 9.72. The van der Waals surface area contributed by atoms with E-state index >= 15 is 0 Å². The molecule has 0 amide bonds. The minimum absolute atomic E-state index is 0.826. The Morgan fingerprint density at radius 2 is 0.839 bits per heavy atom. The summed E-state index contributed by atoms with van der Waals surface area (Å²) in [5.41, 5.74) is 13.6. The van der Waals surface area contributed by atoms with E-state index in [2.05, 4.69) is 159 Å². The molecule has 2 aliphatic carbocycles. The number of hydrogen-bond donors (Lipinski definition) is 0. The summed E-state index contributed by atoms with van der Waals surface area (Å²) in [6, 6.07) is 53.2. The van der Waals surface area contributed by atoms with E-state index in [1.54, 1.807) is 0 Å². The molecular formula is C56H48Cl2O2SiZr. The van der Waals surface area contributed by atoms with Gasteiger partial charge in [0.15, 0.2) is 0 Å². The van der Waals surface area contributed by atoms with Crippen molar-refractivity contribution in [2.24, 2.45) is 0 Å². The van der Waals surface area contributed by atoms with Gasteiger partial charge in [-0.05, 0) is 87.4 Å². The second-order valence-corrected chi connectivity index (χ2v) is 21.2. The Kier molecular flexibility index (Phi) is 13.0. The summed E-state index contributed by atoms with van der Waals surface area (Å²) in [6.45, 7) is 8.33. The summed E-state index contributed by atoms with van der Waals surface area (Å²) in [5, 5.41) is 10.5. The van der Waals surface area contributed by atoms with Gasteiger partial charge in [-0.2, -0.15) is 0 Å². The number of benzene rings is 6. The van der Waals surface area contributed by atoms with Crippen molar-refractivity contribution in [3.05, 3.63) is 179 Å². The molecule has 0 N–H and O–H groups in total. The van der Waals surface area contributed by atoms with Crippen LogP contribution in [0.1, 0.15) is 46.6 Å². The van der Waals surface area contributed by atoms with Crippen molar-refractivity contribution in [3.63, 3.8) is 0 Å². The third-order valence-corrected chi connectivity index (χ3v) is 12.3. The number of fused-ring (bicyclic) bond motifs is 6. The van der Waals surface area contributed by atoms with E-state index in [-0.39, 0.29) is 0 Å². The summed E-state index contributed by atoms with van der Waals surface area (Å²) in [4.78, 5) is 0. The molecule has 0 fully saturated rings. The van der Waals surface area contributed by atoms with E-state index in [0.717, 1.165) is 32.6 Å². The average molecular weight is 943 g/mol. The molecule has 12 rings (SSSR count). The predicted molar refractivity (Wildman–Crippen MR) is 263 cm³/mol. The van der Waals surface area contributed by atoms with E-state index < -0.39 is 20.8 Å². The number of hydrogen-bond acceptors (Lipinski definition) is 2. The summed E-state index contributed by atoms with van der Waals surface area (Å²) in [5.74, 6) is 3.81. The molecule has 0 saturated heterocycles. The molecule has 0 bridgehead atoms. The van der Waals surface area contributed by atoms with Crippen molar-refractivity contribution < 1.29 is 29.7 Å². The van der Waals surface area contributed by atoms with Crippen molar-refractivity contribution in [2.75, 3.05) is 0 Å². The van der Waals surface area contributed by atoms with Gasteiger partial charge >= 0.3 is 37.9 Å². The summed E-state index contributed by atoms with van der Waals surface area (Å²) in [6.07, 6.45) is 7.34. The first-order valence-electron chi connectivity index (χ1n) is 21.5. The first-order chi connectivity index (χ1) is 30.4. The maximum atomic E-state index is 6.07. The molecule has 2 nitrogen and oxygen atoms in total. The first kappa shape index (κ1) is 42.6. The normalized spacial score (nSPS) is 12.6. The summed E-state index contributed by atoms with van der Waals surface area (Å²) >= 11 is -0.826. The zero-order valence-electron chi connectivity index (χ0n) is 35.7. The zero-order chi connectivity index (χ0) is 42.7. The van der Waals surface area contributed by atoms with Gasteiger partial charge < -0.3 is 8.83 Å². The van der Waals surface area contributed by atoms with Crippen LogP contribution >= 0.6 is 17.0 Å². The Balaban J connectivity index is 0.000000141. The average Bonchev–Trinajstić information content (AvgIpc) is 4.16. The van der Waals surface area contributed by atoms with E-state index in [9.17, 15) is 0 Å². The van der Waals surface area contributed by atoms with Crippen LogP contribution in [0.25, 0.3) is 88.0 Å². The van der Waals surface area contributed by atoms with Crippen LogP contribution in [-0.4, -0.2) is 9.52 Å². The number of rotatable bonds is 4. The molecule has 0 unspecified atom stereocenters. The Bertz CT molecular complexity index is 2950. The third kappa shape index (κ3) is 8.40. The fourth-order valence-corrected chi connectivity index (χ4v) is 9.72. The monoisotopic (exact) mass is 940 g/mol. The molecule has 2 aliphatic rings. The Morgan fingerprint density at radius 1 is 0.468 bits per heavy atom. The quantitative estimate of drug-likeness (QED) is 0.130. The van der Waals surface area contributed by atoms with Crippen molar-refractivity contribution in [1.29, 1.82) is 0 Å². The van der Waals surface area contributed by atoms with Gasteiger partial charge in [0.25, 0.3) is 0 Å². The summed E-state index contributed by atoms with van der Waals surface area (Å²) < 4.78 is 12.1. The van der Waals surface area contributed by atoms with Gasteiger partial charge in [-0.15, -0.1) is 12.1 Å². The molecule has 6 heteroatoms. The minimum atomic E-state index is -0.826. The molecule has 0 spiro atoms. The Morgan fingerprint density at radius 3 is 1.23 bits per heavy atom. The van der Waals surface area contributed by atoms with Gasteiger partial charge in [-0.3, -0.25) is 0 Å². The summed E-state index contributed by atoms with van der Waals surface area (Å²) in [7, 11) is 11.0. The van der Waals surface area contributed by atoms with E-state index in [4.69, 9.17) is 25.9 Å². The second-order valence-electron chi connectivity index (χ2n) is 16.4. The molecule has 10 aromatic rings. The van der Waals surface area contributed by atoms with E-state index in [0.29, 0.717) is 0 Å². The van der Waals surface area contributed by atoms with Crippen LogP contribution in [0, 0.1) is 13.8 Å². The van der Waals surface area contributed by atoms with Gasteiger partial charge in [0.05, 0.1) is 23.0 Å². The van der Waals surface area contributed by atoms with Crippen LogP contribution < -0.4 is 0 Å². The molecule has 62 heavy (non-hydrogen) atoms. The van der Waals surface area contributed by atoms with E-state index in [1.807, 2.05) is 13.8 Å². The topological polar surface area (TPSA) is 26.3 Å². The molecule has 0 saturated carbocycles. The Hall–Kier alpha value is -4.70. The number of furan rings is 2. The SMILES string of the molecule is C[Si]C.Cc1ccc(-c2cc3cc4c(cc3[c-]2-c2cccc3ccccc23)CCC4)o1.Cc1ccc(-c2cc3cc4c(cc3[c-]2-c2cccc3ccccc23)CCC4)o1.[Cl][Zr+2][Cl]. The van der Waals surface area contributed by atoms with Gasteiger partial charge in [-0.1, -0.05) is 210 Å². The Labute approximate surface area is 386 Å². The van der Waals surface area contributed by atoms with Crippen molar-refractivity contribution >= 4 is 69.6 Å². The molecule has 306 valence electrons. The third-order valence-electron chi connectivity index (χ3n) is 12.3. The molecule has 0 atom stereocenters. The molecule has 2 radical (unpaired) electrons. The maximum absolute atomic E-state index is 6.07. The predicted octanol–water partition coefficient (Wildman–Crippen LogP) is 17.0. The van der Waals surface area contributed by atoms with Crippen LogP contribution in [0.2, 0.25) is 13.1 Å². The van der Waals surface area contributed by atoms with Gasteiger partial charge in [0.1, 0.15) is 0 Å². The second kappa shape index (κ2) is 19.0. The fraction of sp³-hybridized carbons (Fsp3) is 0.179. The molecule has 0 aliphatic heterocycles. The molecule has 2 aromatic heterocycles.